The minimum atomic E-state index is -0.186. The molecule has 0 fully saturated rings. The molecule has 0 atom stereocenters. The molecule has 0 saturated heterocycles. The van der Waals surface area contributed by atoms with E-state index in [-0.39, 0.29) is 12.5 Å². The van der Waals surface area contributed by atoms with Crippen LogP contribution in [0, 0.1) is 27.7 Å². The Hall–Kier alpha value is -3.34. The number of nitrogens with zero attached hydrogens (tertiary/aromatic N) is 2. The van der Waals surface area contributed by atoms with Gasteiger partial charge in [-0.05, 0) is 75.1 Å². The largest absolute Gasteiger partial charge is 0.376 e. The van der Waals surface area contributed by atoms with Crippen LogP contribution in [0.3, 0.4) is 0 Å². The Bertz CT molecular complexity index is 1080. The average Bonchev–Trinajstić information content (AvgIpc) is 3.02. The minimum Gasteiger partial charge on any atom is -0.376 e. The number of aryl methyl sites for hydroxylation is 4. The van der Waals surface area contributed by atoms with Crippen LogP contribution in [-0.4, -0.2) is 23.2 Å². The minimum absolute atomic E-state index is 0.169. The SMILES string of the molecule is CCc1ccccc1-n1c(C)cc(/C=N\NC(=O)CNc2ccc(C)c(C)c2)c1C. The van der Waals surface area contributed by atoms with Crippen molar-refractivity contribution < 1.29 is 4.79 Å². The smallest absolute Gasteiger partial charge is 0.259 e. The van der Waals surface area contributed by atoms with Crippen LogP contribution >= 0.6 is 0 Å². The third kappa shape index (κ3) is 4.79. The fraction of sp³-hybridized carbons (Fsp3) is 0.280. The lowest BCUT2D eigenvalue weighted by molar-refractivity contribution is -0.119. The van der Waals surface area contributed by atoms with Gasteiger partial charge in [-0.25, -0.2) is 5.43 Å². The molecule has 156 valence electrons. The van der Waals surface area contributed by atoms with Crippen LogP contribution in [0.15, 0.2) is 53.6 Å². The number of para-hydroxylation sites is 1. The van der Waals surface area contributed by atoms with Gasteiger partial charge in [-0.3, -0.25) is 4.79 Å². The molecular weight excluding hydrogens is 372 g/mol. The van der Waals surface area contributed by atoms with E-state index in [1.807, 2.05) is 18.2 Å². The first kappa shape index (κ1) is 21.4. The van der Waals surface area contributed by atoms with Crippen LogP contribution < -0.4 is 10.7 Å². The molecule has 5 heteroatoms. The summed E-state index contributed by atoms with van der Waals surface area (Å²) in [7, 11) is 0. The summed E-state index contributed by atoms with van der Waals surface area (Å²) in [5.41, 5.74) is 11.7. The van der Waals surface area contributed by atoms with E-state index < -0.39 is 0 Å². The predicted molar refractivity (Wildman–Crippen MR) is 125 cm³/mol. The van der Waals surface area contributed by atoms with Crippen molar-refractivity contribution in [1.82, 2.24) is 9.99 Å². The van der Waals surface area contributed by atoms with Gasteiger partial charge in [-0.2, -0.15) is 5.10 Å². The molecule has 0 bridgehead atoms. The van der Waals surface area contributed by atoms with Crippen LogP contribution in [-0.2, 0) is 11.2 Å². The molecule has 0 unspecified atom stereocenters. The number of rotatable bonds is 7. The molecular formula is C25H30N4O. The molecule has 0 aliphatic carbocycles. The van der Waals surface area contributed by atoms with Crippen LogP contribution in [0.4, 0.5) is 5.69 Å². The zero-order valence-electron chi connectivity index (χ0n) is 18.4. The molecule has 0 radical (unpaired) electrons. The number of anilines is 1. The second-order valence-corrected chi connectivity index (χ2v) is 7.59. The van der Waals surface area contributed by atoms with Crippen molar-refractivity contribution >= 4 is 17.8 Å². The fourth-order valence-electron chi connectivity index (χ4n) is 3.56. The molecule has 5 nitrogen and oxygen atoms in total. The normalized spacial score (nSPS) is 11.1. The van der Waals surface area contributed by atoms with Crippen molar-refractivity contribution in [2.24, 2.45) is 5.10 Å². The highest BCUT2D eigenvalue weighted by Crippen LogP contribution is 2.23. The summed E-state index contributed by atoms with van der Waals surface area (Å²) in [6.07, 6.45) is 2.68. The Balaban J connectivity index is 1.65. The van der Waals surface area contributed by atoms with Crippen molar-refractivity contribution in [3.63, 3.8) is 0 Å². The first-order valence-corrected chi connectivity index (χ1v) is 10.3. The average molecular weight is 403 g/mol. The van der Waals surface area contributed by atoms with Crippen LogP contribution in [0.25, 0.3) is 5.69 Å². The molecule has 2 N–H and O–H groups in total. The second kappa shape index (κ2) is 9.44. The number of benzene rings is 2. The topological polar surface area (TPSA) is 58.4 Å². The van der Waals surface area contributed by atoms with E-state index in [1.54, 1.807) is 6.21 Å². The highest BCUT2D eigenvalue weighted by Gasteiger charge is 2.12. The number of carbonyl (C=O) groups excluding carboxylic acids is 1. The molecule has 3 rings (SSSR count). The number of aromatic nitrogens is 1. The maximum atomic E-state index is 12.1. The van der Waals surface area contributed by atoms with Gasteiger partial charge in [0.05, 0.1) is 12.8 Å². The lowest BCUT2D eigenvalue weighted by atomic mass is 10.1. The summed E-state index contributed by atoms with van der Waals surface area (Å²) in [6.45, 7) is 10.6. The molecule has 0 saturated carbocycles. The van der Waals surface area contributed by atoms with Crippen LogP contribution in [0.1, 0.15) is 40.6 Å². The van der Waals surface area contributed by atoms with Crippen molar-refractivity contribution in [2.75, 3.05) is 11.9 Å². The van der Waals surface area contributed by atoms with Crippen molar-refractivity contribution in [2.45, 2.75) is 41.0 Å². The lowest BCUT2D eigenvalue weighted by Crippen LogP contribution is -2.25. The van der Waals surface area contributed by atoms with E-state index in [0.29, 0.717) is 0 Å². The van der Waals surface area contributed by atoms with Gasteiger partial charge in [-0.15, -0.1) is 0 Å². The molecule has 1 amide bonds. The molecule has 0 aliphatic rings. The van der Waals surface area contributed by atoms with E-state index in [9.17, 15) is 4.79 Å². The predicted octanol–water partition coefficient (Wildman–Crippen LogP) is 4.84. The number of hydrogen-bond donors (Lipinski definition) is 2. The molecule has 0 spiro atoms. The number of hydrazone groups is 1. The summed E-state index contributed by atoms with van der Waals surface area (Å²) in [5, 5.41) is 7.29. The van der Waals surface area contributed by atoms with Gasteiger partial charge in [0.2, 0.25) is 0 Å². The van der Waals surface area contributed by atoms with Crippen molar-refractivity contribution in [3.05, 3.63) is 82.2 Å². The van der Waals surface area contributed by atoms with E-state index >= 15 is 0 Å². The van der Waals surface area contributed by atoms with Gasteiger partial charge in [0, 0.05) is 28.3 Å². The van der Waals surface area contributed by atoms with Gasteiger partial charge in [0.25, 0.3) is 5.91 Å². The number of nitrogens with one attached hydrogen (secondary N) is 2. The van der Waals surface area contributed by atoms with Crippen LogP contribution in [0.2, 0.25) is 0 Å². The Morgan fingerprint density at radius 3 is 2.53 bits per heavy atom. The summed E-state index contributed by atoms with van der Waals surface area (Å²) in [4.78, 5) is 12.1. The third-order valence-electron chi connectivity index (χ3n) is 5.44. The maximum Gasteiger partial charge on any atom is 0.259 e. The van der Waals surface area contributed by atoms with Gasteiger partial charge < -0.3 is 9.88 Å². The number of hydrogen-bond acceptors (Lipinski definition) is 3. The molecule has 1 aromatic heterocycles. The zero-order valence-corrected chi connectivity index (χ0v) is 18.4. The summed E-state index contributed by atoms with van der Waals surface area (Å²) < 4.78 is 2.24. The molecule has 0 aliphatic heterocycles. The quantitative estimate of drug-likeness (QED) is 0.439. The Morgan fingerprint density at radius 1 is 1.03 bits per heavy atom. The molecule has 3 aromatic rings. The van der Waals surface area contributed by atoms with E-state index in [2.05, 4.69) is 85.4 Å². The fourth-order valence-corrected chi connectivity index (χ4v) is 3.56. The first-order chi connectivity index (χ1) is 14.4. The Kier molecular flexibility index (Phi) is 6.72. The molecule has 1 heterocycles. The molecule has 30 heavy (non-hydrogen) atoms. The Morgan fingerprint density at radius 2 is 1.80 bits per heavy atom. The summed E-state index contributed by atoms with van der Waals surface area (Å²) in [5.74, 6) is -0.186. The van der Waals surface area contributed by atoms with Gasteiger partial charge in [-0.1, -0.05) is 31.2 Å². The van der Waals surface area contributed by atoms with E-state index in [1.165, 1.54) is 22.4 Å². The third-order valence-corrected chi connectivity index (χ3v) is 5.44. The summed E-state index contributed by atoms with van der Waals surface area (Å²) >= 11 is 0. The zero-order chi connectivity index (χ0) is 21.7. The standard InChI is InChI=1S/C25H30N4O/c1-6-21-9-7-8-10-24(21)29-19(4)14-22(20(29)5)15-27-28-25(30)16-26-23-12-11-17(2)18(3)13-23/h7-15,26H,6,16H2,1-5H3,(H,28,30)/b27-15-. The maximum absolute atomic E-state index is 12.1. The van der Waals surface area contributed by atoms with Gasteiger partial charge in [0.1, 0.15) is 0 Å². The highest BCUT2D eigenvalue weighted by molar-refractivity contribution is 5.85. The van der Waals surface area contributed by atoms with E-state index in [0.717, 1.165) is 29.1 Å². The summed E-state index contributed by atoms with van der Waals surface area (Å²) in [6, 6.07) is 16.6. The number of amides is 1. The van der Waals surface area contributed by atoms with Crippen molar-refractivity contribution in [3.8, 4) is 5.69 Å². The lowest BCUT2D eigenvalue weighted by Gasteiger charge is -2.13. The first-order valence-electron chi connectivity index (χ1n) is 10.3. The second-order valence-electron chi connectivity index (χ2n) is 7.59. The Labute approximate surface area is 178 Å². The van der Waals surface area contributed by atoms with Crippen molar-refractivity contribution in [1.29, 1.82) is 0 Å². The van der Waals surface area contributed by atoms with Gasteiger partial charge >= 0.3 is 0 Å². The molecule has 2 aromatic carbocycles. The van der Waals surface area contributed by atoms with Gasteiger partial charge in [0.15, 0.2) is 0 Å². The van der Waals surface area contributed by atoms with Crippen LogP contribution in [0.5, 0.6) is 0 Å². The number of carbonyl (C=O) groups is 1. The monoisotopic (exact) mass is 402 g/mol. The van der Waals surface area contributed by atoms with E-state index in [4.69, 9.17) is 0 Å². The highest BCUT2D eigenvalue weighted by atomic mass is 16.2.